The lowest BCUT2D eigenvalue weighted by molar-refractivity contribution is -0.126. The van der Waals surface area contributed by atoms with Gasteiger partial charge >= 0.3 is 0 Å². The molecule has 1 fully saturated rings. The van der Waals surface area contributed by atoms with Gasteiger partial charge in [-0.2, -0.15) is 5.10 Å². The van der Waals surface area contributed by atoms with Crippen LogP contribution in [0, 0.1) is 0 Å². The Morgan fingerprint density at radius 3 is 2.78 bits per heavy atom. The summed E-state index contributed by atoms with van der Waals surface area (Å²) < 4.78 is 6.33. The molecule has 1 saturated heterocycles. The second-order valence-electron chi connectivity index (χ2n) is 7.47. The Hall–Kier alpha value is -2.64. The number of thioether (sulfide) groups is 1. The van der Waals surface area contributed by atoms with E-state index in [4.69, 9.17) is 4.74 Å². The Morgan fingerprint density at radius 2 is 1.97 bits per heavy atom. The average molecular weight is 510 g/mol. The molecule has 0 N–H and O–H groups in total. The molecular formula is C25H24BrN3O2S. The van der Waals surface area contributed by atoms with Gasteiger partial charge in [0.1, 0.15) is 5.75 Å². The highest BCUT2D eigenvalue weighted by Gasteiger charge is 2.37. The zero-order valence-corrected chi connectivity index (χ0v) is 20.4. The van der Waals surface area contributed by atoms with Crippen molar-refractivity contribution in [2.45, 2.75) is 31.6 Å². The molecule has 1 heterocycles. The summed E-state index contributed by atoms with van der Waals surface area (Å²) in [6.45, 7) is 2.57. The molecule has 1 atom stereocenters. The van der Waals surface area contributed by atoms with E-state index in [2.05, 4.69) is 57.3 Å². The molecular weight excluding hydrogens is 486 g/mol. The number of amidine groups is 1. The quantitative estimate of drug-likeness (QED) is 0.279. The Bertz CT molecular complexity index is 1190. The molecule has 0 bridgehead atoms. The first-order chi connectivity index (χ1) is 15.6. The van der Waals surface area contributed by atoms with Crippen molar-refractivity contribution in [2.24, 2.45) is 10.2 Å². The van der Waals surface area contributed by atoms with Crippen LogP contribution in [0.5, 0.6) is 5.75 Å². The van der Waals surface area contributed by atoms with Crippen LogP contribution in [0.15, 0.2) is 75.3 Å². The summed E-state index contributed by atoms with van der Waals surface area (Å²) in [6, 6.07) is 20.1. The van der Waals surface area contributed by atoms with E-state index in [1.165, 1.54) is 11.8 Å². The molecule has 7 heteroatoms. The van der Waals surface area contributed by atoms with Crippen LogP contribution in [0.3, 0.4) is 0 Å². The maximum absolute atomic E-state index is 13.2. The number of amides is 1. The summed E-state index contributed by atoms with van der Waals surface area (Å²) >= 11 is 4.97. The first-order valence-electron chi connectivity index (χ1n) is 10.5. The minimum absolute atomic E-state index is 0.0961. The van der Waals surface area contributed by atoms with Gasteiger partial charge in [0, 0.05) is 10.0 Å². The number of carbonyl (C=O) groups excluding carboxylic acids is 1. The second kappa shape index (κ2) is 10.3. The molecule has 0 saturated carbocycles. The minimum atomic E-state index is -0.121. The van der Waals surface area contributed by atoms with Gasteiger partial charge in [-0.15, -0.1) is 5.10 Å². The van der Waals surface area contributed by atoms with Crippen LogP contribution >= 0.6 is 27.7 Å². The first-order valence-corrected chi connectivity index (χ1v) is 12.2. The largest absolute Gasteiger partial charge is 0.496 e. The van der Waals surface area contributed by atoms with Crippen LogP contribution in [0.1, 0.15) is 30.9 Å². The number of rotatable bonds is 7. The normalized spacial score (nSPS) is 17.7. The smallest absolute Gasteiger partial charge is 0.242 e. The molecule has 0 unspecified atom stereocenters. The summed E-state index contributed by atoms with van der Waals surface area (Å²) in [6.07, 6.45) is 3.42. The third kappa shape index (κ3) is 4.89. The highest BCUT2D eigenvalue weighted by Crippen LogP contribution is 2.33. The number of methoxy groups -OCH3 is 1. The van der Waals surface area contributed by atoms with Crippen molar-refractivity contribution in [3.8, 4) is 5.75 Å². The summed E-state index contributed by atoms with van der Waals surface area (Å²) in [7, 11) is 1.62. The number of hydrogen-bond donors (Lipinski definition) is 0. The SMILES string of the molecule is CCC[C@@H]1S/C(=N/N=C\c2cc(Br)ccc2OC)N(Cc2cccc3ccccc23)C1=O. The van der Waals surface area contributed by atoms with Gasteiger partial charge in [-0.1, -0.05) is 83.5 Å². The zero-order chi connectivity index (χ0) is 22.5. The molecule has 164 valence electrons. The molecule has 1 aliphatic rings. The van der Waals surface area contributed by atoms with Crippen molar-refractivity contribution < 1.29 is 9.53 Å². The number of hydrogen-bond acceptors (Lipinski definition) is 5. The zero-order valence-electron chi connectivity index (χ0n) is 18.0. The Labute approximate surface area is 200 Å². The number of carbonyl (C=O) groups is 1. The van der Waals surface area contributed by atoms with Crippen molar-refractivity contribution in [3.63, 3.8) is 0 Å². The monoisotopic (exact) mass is 509 g/mol. The third-order valence-electron chi connectivity index (χ3n) is 5.31. The van der Waals surface area contributed by atoms with Crippen LogP contribution in [0.25, 0.3) is 10.8 Å². The number of fused-ring (bicyclic) bond motifs is 1. The molecule has 0 aliphatic carbocycles. The summed E-state index contributed by atoms with van der Waals surface area (Å²) in [5, 5.41) is 11.6. The van der Waals surface area contributed by atoms with E-state index in [0.717, 1.165) is 39.2 Å². The van der Waals surface area contributed by atoms with Gasteiger partial charge in [0.25, 0.3) is 0 Å². The highest BCUT2D eigenvalue weighted by atomic mass is 79.9. The van der Waals surface area contributed by atoms with E-state index < -0.39 is 0 Å². The summed E-state index contributed by atoms with van der Waals surface area (Å²) in [5.41, 5.74) is 1.91. The fraction of sp³-hybridized carbons (Fsp3) is 0.240. The maximum Gasteiger partial charge on any atom is 0.242 e. The van der Waals surface area contributed by atoms with E-state index in [-0.39, 0.29) is 11.2 Å². The van der Waals surface area contributed by atoms with E-state index in [1.807, 2.05) is 36.4 Å². The molecule has 1 amide bonds. The van der Waals surface area contributed by atoms with Crippen LogP contribution in [-0.4, -0.2) is 34.5 Å². The molecule has 3 aromatic rings. The second-order valence-corrected chi connectivity index (χ2v) is 9.56. The van der Waals surface area contributed by atoms with Crippen LogP contribution < -0.4 is 4.74 Å². The molecule has 3 aromatic carbocycles. The van der Waals surface area contributed by atoms with Gasteiger partial charge in [-0.25, -0.2) is 0 Å². The van der Waals surface area contributed by atoms with Gasteiger partial charge in [0.15, 0.2) is 5.17 Å². The lowest BCUT2D eigenvalue weighted by Gasteiger charge is -2.17. The Kier molecular flexibility index (Phi) is 7.27. The molecule has 0 aromatic heterocycles. The molecule has 32 heavy (non-hydrogen) atoms. The number of ether oxygens (including phenoxy) is 1. The molecule has 4 rings (SSSR count). The van der Waals surface area contributed by atoms with Gasteiger partial charge in [0.05, 0.1) is 25.1 Å². The van der Waals surface area contributed by atoms with Crippen molar-refractivity contribution in [2.75, 3.05) is 7.11 Å². The molecule has 5 nitrogen and oxygen atoms in total. The van der Waals surface area contributed by atoms with E-state index in [9.17, 15) is 4.79 Å². The van der Waals surface area contributed by atoms with Crippen molar-refractivity contribution in [1.29, 1.82) is 0 Å². The summed E-state index contributed by atoms with van der Waals surface area (Å²) in [5.74, 6) is 0.808. The molecule has 0 spiro atoms. The molecule has 1 aliphatic heterocycles. The fourth-order valence-corrected chi connectivity index (χ4v) is 5.32. The van der Waals surface area contributed by atoms with E-state index in [0.29, 0.717) is 17.5 Å². The highest BCUT2D eigenvalue weighted by molar-refractivity contribution is 9.10. The van der Waals surface area contributed by atoms with Gasteiger partial charge < -0.3 is 4.74 Å². The van der Waals surface area contributed by atoms with Crippen LogP contribution in [-0.2, 0) is 11.3 Å². The van der Waals surface area contributed by atoms with Crippen molar-refractivity contribution >= 4 is 55.8 Å². The van der Waals surface area contributed by atoms with Crippen LogP contribution in [0.4, 0.5) is 0 Å². The average Bonchev–Trinajstić information content (AvgIpc) is 3.09. The lowest BCUT2D eigenvalue weighted by atomic mass is 10.0. The van der Waals surface area contributed by atoms with E-state index in [1.54, 1.807) is 18.2 Å². The summed E-state index contributed by atoms with van der Waals surface area (Å²) in [4.78, 5) is 14.9. The number of benzene rings is 3. The molecule has 0 radical (unpaired) electrons. The van der Waals surface area contributed by atoms with Crippen LogP contribution in [0.2, 0.25) is 0 Å². The topological polar surface area (TPSA) is 54.3 Å². The lowest BCUT2D eigenvalue weighted by Crippen LogP contribution is -2.31. The first kappa shape index (κ1) is 22.6. The van der Waals surface area contributed by atoms with Gasteiger partial charge in [-0.05, 0) is 41.0 Å². The van der Waals surface area contributed by atoms with Gasteiger partial charge in [-0.3, -0.25) is 9.69 Å². The number of halogens is 1. The van der Waals surface area contributed by atoms with E-state index >= 15 is 0 Å². The Morgan fingerprint density at radius 1 is 1.16 bits per heavy atom. The number of nitrogens with zero attached hydrogens (tertiary/aromatic N) is 3. The standard InChI is InChI=1S/C25H24BrN3O2S/c1-3-7-23-24(30)29(16-18-10-6-9-17-8-4-5-11-21(17)18)25(32-23)28-27-15-19-14-20(26)12-13-22(19)31-2/h4-6,8-15,23H,3,7,16H2,1-2H3/b27-15-,28-25+/t23-/m0/s1. The minimum Gasteiger partial charge on any atom is -0.496 e. The third-order valence-corrected chi connectivity index (χ3v) is 7.04. The fourth-order valence-electron chi connectivity index (χ4n) is 3.72. The van der Waals surface area contributed by atoms with Crippen molar-refractivity contribution in [3.05, 3.63) is 76.3 Å². The predicted octanol–water partition coefficient (Wildman–Crippen LogP) is 6.25. The van der Waals surface area contributed by atoms with Crippen molar-refractivity contribution in [1.82, 2.24) is 4.90 Å². The van der Waals surface area contributed by atoms with Gasteiger partial charge in [0.2, 0.25) is 5.91 Å². The Balaban J connectivity index is 1.64. The maximum atomic E-state index is 13.2. The predicted molar refractivity (Wildman–Crippen MR) is 137 cm³/mol.